The van der Waals surface area contributed by atoms with E-state index in [2.05, 4.69) is 5.32 Å². The topological polar surface area (TPSA) is 122 Å². The number of ether oxygens (including phenoxy) is 2. The van der Waals surface area contributed by atoms with Crippen molar-refractivity contribution >= 4 is 38.2 Å². The van der Waals surface area contributed by atoms with E-state index >= 15 is 0 Å². The molecule has 0 saturated carbocycles. The summed E-state index contributed by atoms with van der Waals surface area (Å²) in [6.45, 7) is 0.817. The van der Waals surface area contributed by atoms with Gasteiger partial charge in [0, 0.05) is 37.7 Å². The van der Waals surface area contributed by atoms with Crippen LogP contribution in [0, 0.1) is 0 Å². The zero-order chi connectivity index (χ0) is 24.0. The van der Waals surface area contributed by atoms with E-state index in [-0.39, 0.29) is 42.3 Å². The molecule has 0 spiro atoms. The van der Waals surface area contributed by atoms with Crippen molar-refractivity contribution in [3.63, 3.8) is 0 Å². The van der Waals surface area contributed by atoms with Crippen LogP contribution in [0.5, 0.6) is 0 Å². The van der Waals surface area contributed by atoms with Crippen molar-refractivity contribution in [1.82, 2.24) is 4.31 Å². The number of carboxylic acid groups (broad SMARTS) is 1. The van der Waals surface area contributed by atoms with E-state index in [0.29, 0.717) is 11.4 Å². The number of anilines is 1. The molecule has 0 bridgehead atoms. The maximum Gasteiger partial charge on any atom is 0.339 e. The fraction of sp³-hybridized carbons (Fsp3) is 0.455. The van der Waals surface area contributed by atoms with Gasteiger partial charge >= 0.3 is 5.97 Å². The fourth-order valence-electron chi connectivity index (χ4n) is 3.72. The minimum Gasteiger partial charge on any atom is -0.478 e. The molecule has 1 amide bonds. The van der Waals surface area contributed by atoms with Crippen molar-refractivity contribution in [2.45, 2.75) is 30.6 Å². The Balaban J connectivity index is 1.79. The van der Waals surface area contributed by atoms with Crippen LogP contribution in [-0.4, -0.2) is 70.2 Å². The van der Waals surface area contributed by atoms with Crippen LogP contribution in [0.15, 0.2) is 29.2 Å². The SMILES string of the molecule is COCCN(CCOC)S(=O)(=O)c1ccc(C(=O)Nc2sc3c(c2C(=O)O)CCCC3)cc1. The highest BCUT2D eigenvalue weighted by Crippen LogP contribution is 2.38. The van der Waals surface area contributed by atoms with Gasteiger partial charge in [-0.3, -0.25) is 4.79 Å². The first-order valence-electron chi connectivity index (χ1n) is 10.6. The summed E-state index contributed by atoms with van der Waals surface area (Å²) in [5.41, 5.74) is 1.20. The van der Waals surface area contributed by atoms with Crippen LogP contribution >= 0.6 is 11.3 Å². The van der Waals surface area contributed by atoms with Gasteiger partial charge < -0.3 is 19.9 Å². The number of sulfonamides is 1. The number of nitrogens with zero attached hydrogens (tertiary/aromatic N) is 1. The zero-order valence-corrected chi connectivity index (χ0v) is 20.3. The van der Waals surface area contributed by atoms with Gasteiger partial charge in [0.15, 0.2) is 0 Å². The molecule has 1 aromatic heterocycles. The second-order valence-electron chi connectivity index (χ2n) is 7.59. The van der Waals surface area contributed by atoms with Crippen LogP contribution < -0.4 is 5.32 Å². The number of nitrogens with one attached hydrogen (secondary N) is 1. The van der Waals surface area contributed by atoms with Crippen LogP contribution in [0.3, 0.4) is 0 Å². The third kappa shape index (κ3) is 5.79. The van der Waals surface area contributed by atoms with Crippen molar-refractivity contribution in [3.05, 3.63) is 45.8 Å². The van der Waals surface area contributed by atoms with E-state index in [1.807, 2.05) is 0 Å². The van der Waals surface area contributed by atoms with Crippen LogP contribution in [0.4, 0.5) is 5.00 Å². The summed E-state index contributed by atoms with van der Waals surface area (Å²) in [7, 11) is -0.812. The zero-order valence-electron chi connectivity index (χ0n) is 18.6. The standard InChI is InChI=1S/C22H28N2O7S2/c1-30-13-11-24(12-14-31-2)33(28,29)16-9-7-15(8-10-16)20(25)23-21-19(22(26)27)17-5-3-4-6-18(17)32-21/h7-10H,3-6,11-14H2,1-2H3,(H,23,25)(H,26,27). The van der Waals surface area contributed by atoms with Crippen LogP contribution in [-0.2, 0) is 32.3 Å². The Morgan fingerprint density at radius 1 is 1.06 bits per heavy atom. The molecule has 180 valence electrons. The predicted molar refractivity (Wildman–Crippen MR) is 125 cm³/mol. The van der Waals surface area contributed by atoms with Crippen LogP contribution in [0.2, 0.25) is 0 Å². The summed E-state index contributed by atoms with van der Waals surface area (Å²) in [6, 6.07) is 5.57. The number of hydrogen-bond donors (Lipinski definition) is 2. The lowest BCUT2D eigenvalue weighted by Crippen LogP contribution is -2.36. The van der Waals surface area contributed by atoms with Crippen LogP contribution in [0.25, 0.3) is 0 Å². The molecule has 11 heteroatoms. The van der Waals surface area contributed by atoms with Gasteiger partial charge in [0.25, 0.3) is 5.91 Å². The quantitative estimate of drug-likeness (QED) is 0.490. The lowest BCUT2D eigenvalue weighted by molar-refractivity contribution is 0.0697. The minimum absolute atomic E-state index is 0.0454. The second-order valence-corrected chi connectivity index (χ2v) is 10.6. The molecule has 2 aromatic rings. The number of carbonyl (C=O) groups is 2. The summed E-state index contributed by atoms with van der Waals surface area (Å²) in [5.74, 6) is -1.55. The van der Waals surface area contributed by atoms with Crippen LogP contribution in [0.1, 0.15) is 44.0 Å². The van der Waals surface area contributed by atoms with Crippen molar-refractivity contribution < 1.29 is 32.6 Å². The Hall–Kier alpha value is -2.31. The van der Waals surface area contributed by atoms with Crippen molar-refractivity contribution in [2.24, 2.45) is 0 Å². The van der Waals surface area contributed by atoms with E-state index in [4.69, 9.17) is 9.47 Å². The molecule has 2 N–H and O–H groups in total. The molecule has 0 fully saturated rings. The summed E-state index contributed by atoms with van der Waals surface area (Å²) in [5, 5.41) is 12.7. The number of carboxylic acids is 1. The van der Waals surface area contributed by atoms with Gasteiger partial charge in [-0.25, -0.2) is 13.2 Å². The van der Waals surface area contributed by atoms with Crippen molar-refractivity contribution in [2.75, 3.05) is 45.8 Å². The van der Waals surface area contributed by atoms with E-state index in [0.717, 1.165) is 29.7 Å². The molecule has 1 heterocycles. The number of methoxy groups -OCH3 is 2. The largest absolute Gasteiger partial charge is 0.478 e. The highest BCUT2D eigenvalue weighted by Gasteiger charge is 2.27. The Labute approximate surface area is 197 Å². The Morgan fingerprint density at radius 3 is 2.24 bits per heavy atom. The van der Waals surface area contributed by atoms with Gasteiger partial charge in [-0.15, -0.1) is 11.3 Å². The number of benzene rings is 1. The lowest BCUT2D eigenvalue weighted by Gasteiger charge is -2.21. The third-order valence-corrected chi connectivity index (χ3v) is 8.58. The van der Waals surface area contributed by atoms with E-state index in [1.165, 1.54) is 54.1 Å². The summed E-state index contributed by atoms with van der Waals surface area (Å²) in [4.78, 5) is 25.6. The molecule has 1 aromatic carbocycles. The van der Waals surface area contributed by atoms with E-state index < -0.39 is 21.9 Å². The van der Waals surface area contributed by atoms with Gasteiger partial charge in [-0.1, -0.05) is 0 Å². The summed E-state index contributed by atoms with van der Waals surface area (Å²) < 4.78 is 37.3. The van der Waals surface area contributed by atoms with E-state index in [9.17, 15) is 23.1 Å². The number of fused-ring (bicyclic) bond motifs is 1. The first-order valence-corrected chi connectivity index (χ1v) is 12.8. The number of thiophene rings is 1. The van der Waals surface area contributed by atoms with Crippen molar-refractivity contribution in [1.29, 1.82) is 0 Å². The van der Waals surface area contributed by atoms with E-state index in [1.54, 1.807) is 0 Å². The molecule has 9 nitrogen and oxygen atoms in total. The van der Waals surface area contributed by atoms with Gasteiger partial charge in [0.1, 0.15) is 5.00 Å². The number of amides is 1. The molecular formula is C22H28N2O7S2. The first-order chi connectivity index (χ1) is 15.8. The maximum atomic E-state index is 13.0. The van der Waals surface area contributed by atoms with Gasteiger partial charge in [-0.05, 0) is 55.5 Å². The third-order valence-electron chi connectivity index (χ3n) is 5.46. The Bertz CT molecular complexity index is 1090. The molecule has 3 rings (SSSR count). The molecule has 1 aliphatic carbocycles. The smallest absolute Gasteiger partial charge is 0.339 e. The molecule has 0 atom stereocenters. The lowest BCUT2D eigenvalue weighted by atomic mass is 9.95. The molecule has 0 radical (unpaired) electrons. The predicted octanol–water partition coefficient (Wildman–Crippen LogP) is 2.86. The van der Waals surface area contributed by atoms with Crippen molar-refractivity contribution in [3.8, 4) is 0 Å². The number of hydrogen-bond acceptors (Lipinski definition) is 7. The summed E-state index contributed by atoms with van der Waals surface area (Å²) >= 11 is 1.30. The average Bonchev–Trinajstić information content (AvgIpc) is 3.17. The highest BCUT2D eigenvalue weighted by atomic mass is 32.2. The molecule has 0 saturated heterocycles. The first kappa shape index (κ1) is 25.3. The Kier molecular flexibility index (Phi) is 8.60. The minimum atomic E-state index is -3.80. The fourth-order valence-corrected chi connectivity index (χ4v) is 6.41. The number of aromatic carboxylic acids is 1. The monoisotopic (exact) mass is 496 g/mol. The van der Waals surface area contributed by atoms with Gasteiger partial charge in [0.05, 0.1) is 23.7 Å². The van der Waals surface area contributed by atoms with Gasteiger partial charge in [0.2, 0.25) is 10.0 Å². The number of rotatable bonds is 11. The maximum absolute atomic E-state index is 13.0. The summed E-state index contributed by atoms with van der Waals surface area (Å²) in [6.07, 6.45) is 3.44. The number of aryl methyl sites for hydroxylation is 1. The average molecular weight is 497 g/mol. The highest BCUT2D eigenvalue weighted by molar-refractivity contribution is 7.89. The second kappa shape index (κ2) is 11.2. The number of carbonyl (C=O) groups excluding carboxylic acids is 1. The Morgan fingerprint density at radius 2 is 1.67 bits per heavy atom. The molecule has 33 heavy (non-hydrogen) atoms. The molecule has 0 aliphatic heterocycles. The van der Waals surface area contributed by atoms with Gasteiger partial charge in [-0.2, -0.15) is 4.31 Å². The molecule has 1 aliphatic rings. The normalized spacial score (nSPS) is 13.7. The molecular weight excluding hydrogens is 468 g/mol. The molecule has 0 unspecified atom stereocenters.